The smallest absolute Gasteiger partial charge is 0.246 e. The van der Waals surface area contributed by atoms with E-state index in [1.165, 1.54) is 22.3 Å². The quantitative estimate of drug-likeness (QED) is 0.113. The maximum Gasteiger partial charge on any atom is 0.246 e. The van der Waals surface area contributed by atoms with Crippen molar-refractivity contribution >= 4 is 23.1 Å². The van der Waals surface area contributed by atoms with E-state index in [0.29, 0.717) is 48.7 Å². The monoisotopic (exact) mass is 715 g/mol. The van der Waals surface area contributed by atoms with Crippen molar-refractivity contribution < 1.29 is 19.0 Å². The van der Waals surface area contributed by atoms with Crippen LogP contribution in [0.5, 0.6) is 23.1 Å². The average molecular weight is 716 g/mol. The molecule has 52 heavy (non-hydrogen) atoms. The number of allylic oxidation sites excluding steroid dienone is 1. The summed E-state index contributed by atoms with van der Waals surface area (Å²) in [5.41, 5.74) is 8.63. The molecular formula is C44H46ClN3O4. The van der Waals surface area contributed by atoms with Crippen molar-refractivity contribution in [2.24, 2.45) is 0 Å². The molecule has 0 bridgehead atoms. The Balaban J connectivity index is 0.955. The number of halogens is 1. The highest BCUT2D eigenvalue weighted by Crippen LogP contribution is 2.35. The van der Waals surface area contributed by atoms with Gasteiger partial charge in [0.2, 0.25) is 11.8 Å². The molecule has 1 aromatic heterocycles. The Kier molecular flexibility index (Phi) is 12.3. The summed E-state index contributed by atoms with van der Waals surface area (Å²) in [4.78, 5) is 22.0. The van der Waals surface area contributed by atoms with Crippen LogP contribution in [0.2, 0.25) is 5.02 Å². The molecule has 0 radical (unpaired) electrons. The SMILES string of the molecule is C/C(=C/C(=O)N1CCN(Cc2ccc(CCOc3ccc(C)cc3)cc2)CC1)c1cc(C)c(Oc2ccc(OCc3ccc(C)cc3)cn2)c(Cl)c1. The van der Waals surface area contributed by atoms with Crippen LogP contribution in [0.4, 0.5) is 0 Å². The van der Waals surface area contributed by atoms with Gasteiger partial charge in [-0.3, -0.25) is 9.69 Å². The van der Waals surface area contributed by atoms with Crippen LogP contribution in [0.1, 0.15) is 45.9 Å². The van der Waals surface area contributed by atoms with Gasteiger partial charge in [0.15, 0.2) is 5.75 Å². The Labute approximate surface area is 312 Å². The predicted octanol–water partition coefficient (Wildman–Crippen LogP) is 9.40. The Bertz CT molecular complexity index is 1940. The third-order valence-electron chi connectivity index (χ3n) is 9.26. The average Bonchev–Trinajstić information content (AvgIpc) is 3.15. The predicted molar refractivity (Wildman–Crippen MR) is 208 cm³/mol. The summed E-state index contributed by atoms with van der Waals surface area (Å²) in [5.74, 6) is 2.51. The van der Waals surface area contributed by atoms with Crippen molar-refractivity contribution in [3.05, 3.63) is 153 Å². The van der Waals surface area contributed by atoms with Crippen LogP contribution in [-0.2, 0) is 24.4 Å². The van der Waals surface area contributed by atoms with Gasteiger partial charge in [-0.25, -0.2) is 4.98 Å². The largest absolute Gasteiger partial charge is 0.493 e. The molecule has 0 spiro atoms. The van der Waals surface area contributed by atoms with Gasteiger partial charge in [0.05, 0.1) is 17.8 Å². The molecule has 7 nitrogen and oxygen atoms in total. The zero-order chi connectivity index (χ0) is 36.5. The second kappa shape index (κ2) is 17.4. The Hall–Kier alpha value is -5.11. The fraction of sp³-hybridized carbons (Fsp3) is 0.273. The molecule has 1 aliphatic heterocycles. The number of rotatable bonds is 13. The highest BCUT2D eigenvalue weighted by atomic mass is 35.5. The second-order valence-electron chi connectivity index (χ2n) is 13.5. The fourth-order valence-electron chi connectivity index (χ4n) is 6.03. The van der Waals surface area contributed by atoms with Gasteiger partial charge in [-0.05, 0) is 91.4 Å². The van der Waals surface area contributed by atoms with Gasteiger partial charge in [-0.2, -0.15) is 0 Å². The Morgan fingerprint density at radius 3 is 2.06 bits per heavy atom. The number of carbonyl (C=O) groups is 1. The molecule has 0 aliphatic carbocycles. The van der Waals surface area contributed by atoms with Crippen LogP contribution in [0, 0.1) is 20.8 Å². The molecule has 0 saturated carbocycles. The lowest BCUT2D eigenvalue weighted by molar-refractivity contribution is -0.127. The van der Waals surface area contributed by atoms with Crippen LogP contribution in [0.25, 0.3) is 5.57 Å². The Morgan fingerprint density at radius 2 is 1.40 bits per heavy atom. The second-order valence-corrected chi connectivity index (χ2v) is 13.9. The molecule has 8 heteroatoms. The van der Waals surface area contributed by atoms with E-state index in [4.69, 9.17) is 25.8 Å². The molecule has 6 rings (SSSR count). The minimum Gasteiger partial charge on any atom is -0.493 e. The maximum absolute atomic E-state index is 13.3. The lowest BCUT2D eigenvalue weighted by Gasteiger charge is -2.34. The highest BCUT2D eigenvalue weighted by molar-refractivity contribution is 6.32. The normalized spacial score (nSPS) is 13.6. The van der Waals surface area contributed by atoms with Crippen LogP contribution < -0.4 is 14.2 Å². The number of hydrogen-bond donors (Lipinski definition) is 0. The van der Waals surface area contributed by atoms with Crippen LogP contribution in [-0.4, -0.2) is 53.5 Å². The van der Waals surface area contributed by atoms with E-state index < -0.39 is 0 Å². The van der Waals surface area contributed by atoms with E-state index in [2.05, 4.69) is 84.4 Å². The molecule has 5 aromatic rings. The molecule has 4 aromatic carbocycles. The topological polar surface area (TPSA) is 64.1 Å². The van der Waals surface area contributed by atoms with Gasteiger partial charge < -0.3 is 19.1 Å². The molecule has 0 unspecified atom stereocenters. The first kappa shape index (κ1) is 36.7. The Morgan fingerprint density at radius 1 is 0.769 bits per heavy atom. The van der Waals surface area contributed by atoms with Gasteiger partial charge in [-0.15, -0.1) is 0 Å². The number of hydrogen-bond acceptors (Lipinski definition) is 6. The van der Waals surface area contributed by atoms with E-state index in [0.717, 1.165) is 54.1 Å². The summed E-state index contributed by atoms with van der Waals surface area (Å²) in [7, 11) is 0. The summed E-state index contributed by atoms with van der Waals surface area (Å²) < 4.78 is 17.8. The zero-order valence-corrected chi connectivity index (χ0v) is 31.2. The lowest BCUT2D eigenvalue weighted by Crippen LogP contribution is -2.47. The number of nitrogens with zero attached hydrogens (tertiary/aromatic N) is 3. The van der Waals surface area contributed by atoms with Gasteiger partial charge in [0, 0.05) is 51.3 Å². The number of piperazine rings is 1. The first-order valence-electron chi connectivity index (χ1n) is 17.8. The van der Waals surface area contributed by atoms with Crippen molar-refractivity contribution in [1.29, 1.82) is 0 Å². The van der Waals surface area contributed by atoms with Crippen molar-refractivity contribution in [2.45, 2.75) is 47.3 Å². The highest BCUT2D eigenvalue weighted by Gasteiger charge is 2.21. The molecule has 0 atom stereocenters. The minimum atomic E-state index is 0.0114. The van der Waals surface area contributed by atoms with Crippen molar-refractivity contribution in [1.82, 2.24) is 14.8 Å². The van der Waals surface area contributed by atoms with E-state index in [1.54, 1.807) is 18.3 Å². The lowest BCUT2D eigenvalue weighted by atomic mass is 10.0. The van der Waals surface area contributed by atoms with Crippen LogP contribution in [0.15, 0.2) is 109 Å². The molecule has 0 N–H and O–H groups in total. The number of benzene rings is 4. The van der Waals surface area contributed by atoms with E-state index >= 15 is 0 Å². The number of aromatic nitrogens is 1. The van der Waals surface area contributed by atoms with E-state index in [-0.39, 0.29) is 5.91 Å². The molecule has 1 amide bonds. The fourth-order valence-corrected chi connectivity index (χ4v) is 6.34. The maximum atomic E-state index is 13.3. The number of ether oxygens (including phenoxy) is 3. The molecule has 2 heterocycles. The molecule has 1 saturated heterocycles. The number of pyridine rings is 1. The van der Waals surface area contributed by atoms with Crippen molar-refractivity contribution in [2.75, 3.05) is 32.8 Å². The van der Waals surface area contributed by atoms with Gasteiger partial charge >= 0.3 is 0 Å². The molecular weight excluding hydrogens is 670 g/mol. The number of carbonyl (C=O) groups excluding carboxylic acids is 1. The molecule has 268 valence electrons. The van der Waals surface area contributed by atoms with Crippen molar-refractivity contribution in [3.8, 4) is 23.1 Å². The van der Waals surface area contributed by atoms with Crippen molar-refractivity contribution in [3.63, 3.8) is 0 Å². The van der Waals surface area contributed by atoms with Gasteiger partial charge in [0.1, 0.15) is 18.1 Å². The first-order chi connectivity index (χ1) is 25.2. The third-order valence-corrected chi connectivity index (χ3v) is 9.54. The number of amides is 1. The number of aryl methyl sites for hydroxylation is 3. The molecule has 1 fully saturated rings. The minimum absolute atomic E-state index is 0.0114. The summed E-state index contributed by atoms with van der Waals surface area (Å²) in [5, 5.41) is 0.453. The molecule has 1 aliphatic rings. The summed E-state index contributed by atoms with van der Waals surface area (Å²) in [6.45, 7) is 13.0. The van der Waals surface area contributed by atoms with E-state index in [9.17, 15) is 4.79 Å². The third kappa shape index (κ3) is 10.2. The first-order valence-corrected chi connectivity index (χ1v) is 18.2. The van der Waals surface area contributed by atoms with Crippen LogP contribution in [0.3, 0.4) is 0 Å². The summed E-state index contributed by atoms with van der Waals surface area (Å²) in [6, 6.07) is 32.6. The van der Waals surface area contributed by atoms with E-state index in [1.807, 2.05) is 49.1 Å². The van der Waals surface area contributed by atoms with Gasteiger partial charge in [-0.1, -0.05) is 83.4 Å². The van der Waals surface area contributed by atoms with Gasteiger partial charge in [0.25, 0.3) is 0 Å². The summed E-state index contributed by atoms with van der Waals surface area (Å²) in [6.07, 6.45) is 4.21. The standard InChI is InChI=1S/C44H46ClN3O4/c1-31-5-9-37(10-6-31)30-51-40-17-18-42(46-28-40)52-44-34(4)25-38(27-41(44)45)33(3)26-43(49)48-22-20-47(21-23-48)29-36-13-11-35(12-14-36)19-24-50-39-15-7-32(2)8-16-39/h5-18,25-28H,19-24,29-30H2,1-4H3/b33-26-. The zero-order valence-electron chi connectivity index (χ0n) is 30.4. The van der Waals surface area contributed by atoms with Crippen LogP contribution >= 0.6 is 11.6 Å². The summed E-state index contributed by atoms with van der Waals surface area (Å²) >= 11 is 6.70.